The lowest BCUT2D eigenvalue weighted by Gasteiger charge is -2.02. The maximum atomic E-state index is 11.3. The van der Waals surface area contributed by atoms with Gasteiger partial charge in [0.2, 0.25) is 0 Å². The quantitative estimate of drug-likeness (QED) is 0.498. The van der Waals surface area contributed by atoms with Crippen molar-refractivity contribution in [3.8, 4) is 0 Å². The molecule has 0 aliphatic rings. The highest BCUT2D eigenvalue weighted by Gasteiger charge is 2.09. The molecule has 4 nitrogen and oxygen atoms in total. The molecule has 0 fully saturated rings. The van der Waals surface area contributed by atoms with Gasteiger partial charge in [0.05, 0.1) is 11.5 Å². The molecule has 0 aliphatic carbocycles. The summed E-state index contributed by atoms with van der Waals surface area (Å²) in [6.45, 7) is 0. The molecule has 12 heavy (non-hydrogen) atoms. The number of aryl methyl sites for hydroxylation is 1. The van der Waals surface area contributed by atoms with E-state index >= 15 is 0 Å². The summed E-state index contributed by atoms with van der Waals surface area (Å²) in [6.07, 6.45) is 3.08. The molecule has 0 atom stereocenters. The summed E-state index contributed by atoms with van der Waals surface area (Å²) >= 11 is 3.22. The van der Waals surface area contributed by atoms with Crippen LogP contribution in [0.25, 0.3) is 11.2 Å². The van der Waals surface area contributed by atoms with Crippen LogP contribution in [0.1, 0.15) is 0 Å². The van der Waals surface area contributed by atoms with Gasteiger partial charge in [0, 0.05) is 0 Å². The van der Waals surface area contributed by atoms with Gasteiger partial charge < -0.3 is 5.21 Å². The number of imidazole rings is 1. The lowest BCUT2D eigenvalue weighted by molar-refractivity contribution is -0.580. The normalized spacial score (nSPS) is 10.8. The molecular formula is C7H6BrN3O. The van der Waals surface area contributed by atoms with Gasteiger partial charge in [0.25, 0.3) is 0 Å². The first-order valence-electron chi connectivity index (χ1n) is 3.38. The third-order valence-electron chi connectivity index (χ3n) is 1.66. The fraction of sp³-hybridized carbons (Fsp3) is 0.143. The zero-order chi connectivity index (χ0) is 8.72. The smallest absolute Gasteiger partial charge is 0.311 e. The Hall–Kier alpha value is -1.10. The van der Waals surface area contributed by atoms with E-state index in [1.54, 1.807) is 17.9 Å². The molecular weight excluding hydrogens is 222 g/mol. The molecule has 0 amide bonds. The number of hydrogen-bond acceptors (Lipinski definition) is 2. The minimum absolute atomic E-state index is 0.568. The molecule has 0 saturated carbocycles. The standard InChI is InChI=1S/C7H6BrN3O/c1-10-4-9-6-2-5(8)3-11(12)7(6)10/h2-4H,1H3. The van der Waals surface area contributed by atoms with Crippen LogP contribution in [0.15, 0.2) is 23.1 Å². The van der Waals surface area contributed by atoms with E-state index in [0.717, 1.165) is 9.20 Å². The number of rotatable bonds is 0. The summed E-state index contributed by atoms with van der Waals surface area (Å²) in [6, 6.07) is 1.81. The fourth-order valence-corrected chi connectivity index (χ4v) is 1.56. The highest BCUT2D eigenvalue weighted by atomic mass is 79.9. The predicted molar refractivity (Wildman–Crippen MR) is 47.4 cm³/mol. The first-order valence-corrected chi connectivity index (χ1v) is 4.17. The van der Waals surface area contributed by atoms with Crippen LogP contribution in [0, 0.1) is 5.21 Å². The van der Waals surface area contributed by atoms with E-state index in [0.29, 0.717) is 11.2 Å². The van der Waals surface area contributed by atoms with Crippen LogP contribution in [0.2, 0.25) is 0 Å². The topological polar surface area (TPSA) is 44.8 Å². The zero-order valence-electron chi connectivity index (χ0n) is 6.36. The van der Waals surface area contributed by atoms with Crippen molar-refractivity contribution in [2.45, 2.75) is 0 Å². The van der Waals surface area contributed by atoms with Crippen LogP contribution in [-0.4, -0.2) is 9.55 Å². The van der Waals surface area contributed by atoms with Crippen molar-refractivity contribution in [3.05, 3.63) is 28.3 Å². The molecule has 2 rings (SSSR count). The van der Waals surface area contributed by atoms with Gasteiger partial charge in [0.1, 0.15) is 6.20 Å². The summed E-state index contributed by atoms with van der Waals surface area (Å²) in [7, 11) is 1.79. The summed E-state index contributed by atoms with van der Waals surface area (Å²) in [5.41, 5.74) is 1.26. The first kappa shape index (κ1) is 7.54. The van der Waals surface area contributed by atoms with Crippen LogP contribution >= 0.6 is 15.9 Å². The molecule has 0 saturated heterocycles. The third kappa shape index (κ3) is 0.972. The number of fused-ring (bicyclic) bond motifs is 1. The van der Waals surface area contributed by atoms with Crippen LogP contribution in [0.3, 0.4) is 0 Å². The molecule has 0 unspecified atom stereocenters. The highest BCUT2D eigenvalue weighted by Crippen LogP contribution is 2.13. The Balaban J connectivity index is 2.93. The van der Waals surface area contributed by atoms with Crippen LogP contribution < -0.4 is 4.73 Å². The van der Waals surface area contributed by atoms with Crippen LogP contribution in [0.5, 0.6) is 0 Å². The second-order valence-electron chi connectivity index (χ2n) is 2.55. The Labute approximate surface area is 77.2 Å². The van der Waals surface area contributed by atoms with Gasteiger partial charge in [-0.1, -0.05) is 0 Å². The summed E-state index contributed by atoms with van der Waals surface area (Å²) in [5, 5.41) is 11.3. The molecule has 62 valence electrons. The molecule has 2 heterocycles. The molecule has 0 aromatic carbocycles. The number of hydrogen-bond donors (Lipinski definition) is 0. The minimum Gasteiger partial charge on any atom is -0.711 e. The highest BCUT2D eigenvalue weighted by molar-refractivity contribution is 9.10. The lowest BCUT2D eigenvalue weighted by Crippen LogP contribution is -2.28. The Kier molecular flexibility index (Phi) is 1.54. The zero-order valence-corrected chi connectivity index (χ0v) is 7.95. The van der Waals surface area contributed by atoms with Gasteiger partial charge in [-0.25, -0.2) is 14.3 Å². The largest absolute Gasteiger partial charge is 0.711 e. The molecule has 5 heteroatoms. The van der Waals surface area contributed by atoms with E-state index in [-0.39, 0.29) is 0 Å². The molecule has 0 N–H and O–H groups in total. The number of pyridine rings is 1. The Morgan fingerprint density at radius 2 is 2.42 bits per heavy atom. The first-order chi connectivity index (χ1) is 5.68. The third-order valence-corrected chi connectivity index (χ3v) is 2.09. The van der Waals surface area contributed by atoms with Crippen molar-refractivity contribution in [2.75, 3.05) is 0 Å². The van der Waals surface area contributed by atoms with Crippen molar-refractivity contribution < 1.29 is 4.73 Å². The second-order valence-corrected chi connectivity index (χ2v) is 3.46. The molecule has 2 aromatic heterocycles. The average Bonchev–Trinajstić information content (AvgIpc) is 2.31. The maximum Gasteiger partial charge on any atom is 0.311 e. The molecule has 2 aromatic rings. The van der Waals surface area contributed by atoms with Gasteiger partial charge in [-0.15, -0.1) is 0 Å². The van der Waals surface area contributed by atoms with E-state index < -0.39 is 0 Å². The maximum absolute atomic E-state index is 11.3. The van der Waals surface area contributed by atoms with E-state index in [2.05, 4.69) is 20.9 Å². The SMILES string of the molecule is Cn1cnc2cc(Br)c[n+]([O-])c21. The summed E-state index contributed by atoms with van der Waals surface area (Å²) < 4.78 is 3.23. The molecule has 0 aliphatic heterocycles. The van der Waals surface area contributed by atoms with E-state index in [9.17, 15) is 5.21 Å². The van der Waals surface area contributed by atoms with Crippen molar-refractivity contribution in [3.63, 3.8) is 0 Å². The van der Waals surface area contributed by atoms with Gasteiger partial charge in [-0.05, 0) is 22.0 Å². The minimum atomic E-state index is 0.568. The van der Waals surface area contributed by atoms with Gasteiger partial charge in [-0.3, -0.25) is 0 Å². The van der Waals surface area contributed by atoms with Crippen molar-refractivity contribution in [2.24, 2.45) is 7.05 Å². The van der Waals surface area contributed by atoms with Crippen LogP contribution in [0.4, 0.5) is 0 Å². The number of halogens is 1. The van der Waals surface area contributed by atoms with Crippen LogP contribution in [-0.2, 0) is 7.05 Å². The predicted octanol–water partition coefficient (Wildman–Crippen LogP) is 0.969. The summed E-state index contributed by atoms with van der Waals surface area (Å²) in [5.74, 6) is 0. The fourth-order valence-electron chi connectivity index (χ4n) is 1.15. The van der Waals surface area contributed by atoms with E-state index in [1.807, 2.05) is 6.07 Å². The molecule has 0 radical (unpaired) electrons. The van der Waals surface area contributed by atoms with Crippen molar-refractivity contribution in [1.82, 2.24) is 9.55 Å². The average molecular weight is 228 g/mol. The Bertz CT molecular complexity index is 437. The van der Waals surface area contributed by atoms with Gasteiger partial charge in [0.15, 0.2) is 11.8 Å². The monoisotopic (exact) mass is 227 g/mol. The van der Waals surface area contributed by atoms with E-state index in [4.69, 9.17) is 0 Å². The molecule has 0 spiro atoms. The van der Waals surface area contributed by atoms with E-state index in [1.165, 1.54) is 6.20 Å². The Morgan fingerprint density at radius 3 is 3.17 bits per heavy atom. The number of aromatic nitrogens is 3. The van der Waals surface area contributed by atoms with Crippen molar-refractivity contribution >= 4 is 27.1 Å². The molecule has 0 bridgehead atoms. The lowest BCUT2D eigenvalue weighted by atomic mass is 10.4. The summed E-state index contributed by atoms with van der Waals surface area (Å²) in [4.78, 5) is 4.05. The van der Waals surface area contributed by atoms with Crippen molar-refractivity contribution in [1.29, 1.82) is 0 Å². The second kappa shape index (κ2) is 2.45. The number of nitrogens with zero attached hydrogens (tertiary/aromatic N) is 3. The van der Waals surface area contributed by atoms with Gasteiger partial charge >= 0.3 is 5.65 Å². The van der Waals surface area contributed by atoms with Gasteiger partial charge in [-0.2, -0.15) is 0 Å². The Morgan fingerprint density at radius 1 is 1.67 bits per heavy atom.